The molecule has 1 amide bonds. The Balaban J connectivity index is 1.51. The Labute approximate surface area is 155 Å². The van der Waals surface area contributed by atoms with Gasteiger partial charge in [0.05, 0.1) is 23.0 Å². The first-order valence-electron chi connectivity index (χ1n) is 9.03. The van der Waals surface area contributed by atoms with Gasteiger partial charge in [0.1, 0.15) is 5.15 Å². The Morgan fingerprint density at radius 2 is 2.12 bits per heavy atom. The molecule has 0 spiro atoms. The molecule has 2 aromatic rings. The van der Waals surface area contributed by atoms with Crippen LogP contribution in [0.25, 0.3) is 10.9 Å². The number of nitrogens with zero attached hydrogens (tertiary/aromatic N) is 5. The summed E-state index contributed by atoms with van der Waals surface area (Å²) in [5.74, 6) is 0.845. The van der Waals surface area contributed by atoms with Crippen molar-refractivity contribution in [3.63, 3.8) is 0 Å². The highest BCUT2D eigenvalue weighted by molar-refractivity contribution is 6.30. The van der Waals surface area contributed by atoms with Gasteiger partial charge in [-0.3, -0.25) is 4.90 Å². The highest BCUT2D eigenvalue weighted by Crippen LogP contribution is 2.38. The van der Waals surface area contributed by atoms with Crippen LogP contribution in [-0.2, 0) is 4.74 Å². The highest BCUT2D eigenvalue weighted by atomic mass is 35.5. The fourth-order valence-corrected chi connectivity index (χ4v) is 4.61. The van der Waals surface area contributed by atoms with Crippen LogP contribution in [-0.4, -0.2) is 62.6 Å². The number of halogens is 1. The van der Waals surface area contributed by atoms with Gasteiger partial charge in [0.25, 0.3) is 0 Å². The smallest absolute Gasteiger partial charge is 0.407 e. The number of ether oxygens (including phenoxy) is 1. The van der Waals surface area contributed by atoms with Crippen molar-refractivity contribution < 1.29 is 14.6 Å². The van der Waals surface area contributed by atoms with Crippen LogP contribution < -0.4 is 4.90 Å². The molecule has 0 aromatic carbocycles. The van der Waals surface area contributed by atoms with E-state index in [9.17, 15) is 9.90 Å². The Morgan fingerprint density at radius 3 is 2.81 bits per heavy atom. The number of aromatic nitrogens is 3. The zero-order chi connectivity index (χ0) is 17.8. The summed E-state index contributed by atoms with van der Waals surface area (Å²) >= 11 is 6.13. The number of piperidine rings is 1. The van der Waals surface area contributed by atoms with Crippen molar-refractivity contribution in [1.29, 1.82) is 0 Å². The molecule has 138 valence electrons. The maximum Gasteiger partial charge on any atom is 0.407 e. The lowest BCUT2D eigenvalue weighted by Gasteiger charge is -2.54. The zero-order valence-corrected chi connectivity index (χ0v) is 15.0. The fraction of sp³-hybridized carbons (Fsp3) is 0.588. The van der Waals surface area contributed by atoms with Gasteiger partial charge in [0.2, 0.25) is 0 Å². The Kier molecular flexibility index (Phi) is 3.72. The topological polar surface area (TPSA) is 83.7 Å². The predicted octanol–water partition coefficient (Wildman–Crippen LogP) is 2.72. The summed E-state index contributed by atoms with van der Waals surface area (Å²) in [5, 5.41) is 15.5. The molecule has 4 aliphatic rings. The minimum absolute atomic E-state index is 0.0395. The average molecular weight is 378 g/mol. The van der Waals surface area contributed by atoms with Gasteiger partial charge in [-0.2, -0.15) is 5.10 Å². The van der Waals surface area contributed by atoms with Crippen molar-refractivity contribution in [2.45, 2.75) is 44.0 Å². The standard InChI is InChI=1S/C17H20ClN5O3/c18-14-6-13-12(7-19-14)16(20-23(13)15-3-1-2-4-26-15)21-8-10-5-11(9-21)22(10)17(24)25/h6-7,10-11,15H,1-5,8-9H2,(H,24,25). The molecule has 0 saturated carbocycles. The maximum atomic E-state index is 11.3. The highest BCUT2D eigenvalue weighted by Gasteiger charge is 2.48. The van der Waals surface area contributed by atoms with E-state index < -0.39 is 6.09 Å². The molecule has 4 aliphatic heterocycles. The molecular formula is C17H20ClN5O3. The summed E-state index contributed by atoms with van der Waals surface area (Å²) in [6, 6.07) is 1.91. The van der Waals surface area contributed by atoms with Crippen LogP contribution in [0.5, 0.6) is 0 Å². The molecule has 26 heavy (non-hydrogen) atoms. The molecule has 4 saturated heterocycles. The second kappa shape index (κ2) is 5.99. The second-order valence-electron chi connectivity index (χ2n) is 7.25. The zero-order valence-electron chi connectivity index (χ0n) is 14.2. The number of hydrogen-bond acceptors (Lipinski definition) is 5. The number of rotatable bonds is 2. The van der Waals surface area contributed by atoms with Crippen molar-refractivity contribution in [1.82, 2.24) is 19.7 Å². The minimum Gasteiger partial charge on any atom is -0.465 e. The predicted molar refractivity (Wildman–Crippen MR) is 95.6 cm³/mol. The van der Waals surface area contributed by atoms with E-state index in [2.05, 4.69) is 9.88 Å². The van der Waals surface area contributed by atoms with Crippen LogP contribution in [0.3, 0.4) is 0 Å². The van der Waals surface area contributed by atoms with Gasteiger partial charge in [0, 0.05) is 32.0 Å². The van der Waals surface area contributed by atoms with Gasteiger partial charge < -0.3 is 14.7 Å². The lowest BCUT2D eigenvalue weighted by atomic mass is 9.88. The van der Waals surface area contributed by atoms with Crippen LogP contribution in [0.15, 0.2) is 12.3 Å². The molecule has 0 aliphatic carbocycles. The van der Waals surface area contributed by atoms with Crippen molar-refractivity contribution in [3.05, 3.63) is 17.4 Å². The van der Waals surface area contributed by atoms with Crippen molar-refractivity contribution in [2.24, 2.45) is 0 Å². The van der Waals surface area contributed by atoms with E-state index in [4.69, 9.17) is 21.4 Å². The summed E-state index contributed by atoms with van der Waals surface area (Å²) in [6.45, 7) is 2.05. The van der Waals surface area contributed by atoms with E-state index in [-0.39, 0.29) is 18.3 Å². The molecule has 6 heterocycles. The Hall–Kier alpha value is -2.06. The normalized spacial score (nSPS) is 28.3. The minimum atomic E-state index is -0.828. The molecule has 4 fully saturated rings. The quantitative estimate of drug-likeness (QED) is 0.810. The number of pyridine rings is 1. The molecule has 8 nitrogen and oxygen atoms in total. The van der Waals surface area contributed by atoms with Crippen LogP contribution in [0.4, 0.5) is 10.6 Å². The summed E-state index contributed by atoms with van der Waals surface area (Å²) in [6.07, 6.45) is 4.88. The van der Waals surface area contributed by atoms with E-state index >= 15 is 0 Å². The van der Waals surface area contributed by atoms with Gasteiger partial charge in [-0.05, 0) is 25.7 Å². The number of carboxylic acid groups (broad SMARTS) is 1. The SMILES string of the molecule is O=C(O)N1C2CC1CN(c1nn(C3CCCCO3)c3cc(Cl)ncc13)C2. The Bertz CT molecular complexity index is 853. The third kappa shape index (κ3) is 2.43. The van der Waals surface area contributed by atoms with Crippen molar-refractivity contribution in [2.75, 3.05) is 24.6 Å². The van der Waals surface area contributed by atoms with Gasteiger partial charge >= 0.3 is 6.09 Å². The Morgan fingerprint density at radius 1 is 1.31 bits per heavy atom. The summed E-state index contributed by atoms with van der Waals surface area (Å²) in [4.78, 5) is 19.3. The molecule has 3 atom stereocenters. The molecular weight excluding hydrogens is 358 g/mol. The number of anilines is 1. The first-order chi connectivity index (χ1) is 12.6. The lowest BCUT2D eigenvalue weighted by Crippen LogP contribution is -2.70. The summed E-state index contributed by atoms with van der Waals surface area (Å²) in [7, 11) is 0. The molecule has 2 bridgehead atoms. The number of fused-ring (bicyclic) bond motifs is 3. The average Bonchev–Trinajstić information content (AvgIpc) is 3.00. The van der Waals surface area contributed by atoms with Crippen molar-refractivity contribution in [3.8, 4) is 0 Å². The van der Waals surface area contributed by atoms with Crippen LogP contribution in [0.2, 0.25) is 5.15 Å². The van der Waals surface area contributed by atoms with Crippen LogP contribution >= 0.6 is 11.6 Å². The number of piperazine rings is 1. The molecule has 9 heteroatoms. The molecule has 2 aromatic heterocycles. The number of carbonyl (C=O) groups is 1. The third-order valence-corrected chi connectivity index (χ3v) is 5.89. The molecule has 3 unspecified atom stereocenters. The summed E-state index contributed by atoms with van der Waals surface area (Å²) in [5.41, 5.74) is 0.918. The van der Waals surface area contributed by atoms with Gasteiger partial charge in [-0.15, -0.1) is 0 Å². The first-order valence-corrected chi connectivity index (χ1v) is 9.41. The van der Waals surface area contributed by atoms with Gasteiger partial charge in [-0.25, -0.2) is 14.5 Å². The van der Waals surface area contributed by atoms with Crippen LogP contribution in [0.1, 0.15) is 31.9 Å². The number of hydrogen-bond donors (Lipinski definition) is 1. The molecule has 0 radical (unpaired) electrons. The van der Waals surface area contributed by atoms with E-state index in [1.54, 1.807) is 11.1 Å². The van der Waals surface area contributed by atoms with Crippen LogP contribution in [0, 0.1) is 0 Å². The molecule has 6 rings (SSSR count). The van der Waals surface area contributed by atoms with E-state index in [1.165, 1.54) is 0 Å². The lowest BCUT2D eigenvalue weighted by molar-refractivity contribution is -0.0366. The largest absolute Gasteiger partial charge is 0.465 e. The van der Waals surface area contributed by atoms with E-state index in [0.29, 0.717) is 18.2 Å². The fourth-order valence-electron chi connectivity index (χ4n) is 4.46. The first kappa shape index (κ1) is 16.1. The van der Waals surface area contributed by atoms with Gasteiger partial charge in [0.15, 0.2) is 12.0 Å². The third-order valence-electron chi connectivity index (χ3n) is 5.68. The molecule has 1 N–H and O–H groups in total. The van der Waals surface area contributed by atoms with Crippen molar-refractivity contribution >= 4 is 34.4 Å². The second-order valence-corrected chi connectivity index (χ2v) is 7.64. The van der Waals surface area contributed by atoms with Gasteiger partial charge in [-0.1, -0.05) is 11.6 Å². The maximum absolute atomic E-state index is 11.3. The van der Waals surface area contributed by atoms with E-state index in [0.717, 1.165) is 49.0 Å². The monoisotopic (exact) mass is 377 g/mol. The van der Waals surface area contributed by atoms with E-state index in [1.807, 2.05) is 10.7 Å². The number of amides is 1. The summed E-state index contributed by atoms with van der Waals surface area (Å²) < 4.78 is 7.85.